The van der Waals surface area contributed by atoms with Crippen LogP contribution in [0.1, 0.15) is 0 Å². The number of imidazole rings is 1. The first-order valence-corrected chi connectivity index (χ1v) is 7.04. The molecule has 0 aliphatic carbocycles. The second-order valence-electron chi connectivity index (χ2n) is 4.93. The molecule has 2 aromatic carbocycles. The molecule has 2 aliphatic heterocycles. The average molecular weight is 312 g/mol. The van der Waals surface area contributed by atoms with Crippen LogP contribution in [-0.2, 0) is 0 Å². The minimum Gasteiger partial charge on any atom is -0.358 e. The Morgan fingerprint density at radius 1 is 0.955 bits per heavy atom. The lowest BCUT2D eigenvalue weighted by atomic mass is 10.3. The highest BCUT2D eigenvalue weighted by Crippen LogP contribution is 2.17. The molecular formula is C16H10ClN3O2. The van der Waals surface area contributed by atoms with Crippen LogP contribution in [0.15, 0.2) is 64.3 Å². The van der Waals surface area contributed by atoms with Crippen LogP contribution >= 0.6 is 11.6 Å². The van der Waals surface area contributed by atoms with Gasteiger partial charge in [0.1, 0.15) is 5.69 Å². The summed E-state index contributed by atoms with van der Waals surface area (Å²) in [4.78, 5) is 28.4. The van der Waals surface area contributed by atoms with Crippen molar-refractivity contribution in [1.82, 2.24) is 14.1 Å². The Balaban J connectivity index is 2.18. The summed E-state index contributed by atoms with van der Waals surface area (Å²) in [7, 11) is 0. The van der Waals surface area contributed by atoms with Gasteiger partial charge in [-0.1, -0.05) is 29.8 Å². The number of benzene rings is 2. The molecule has 0 radical (unpaired) electrons. The van der Waals surface area contributed by atoms with E-state index in [1.54, 1.807) is 36.5 Å². The van der Waals surface area contributed by atoms with Gasteiger partial charge in [-0.25, -0.2) is 9.36 Å². The van der Waals surface area contributed by atoms with Gasteiger partial charge in [0.05, 0.1) is 16.7 Å². The van der Waals surface area contributed by atoms with E-state index in [9.17, 15) is 9.59 Å². The molecular weight excluding hydrogens is 302 g/mol. The summed E-state index contributed by atoms with van der Waals surface area (Å²) in [6.45, 7) is 0. The number of rotatable bonds is 1. The highest BCUT2D eigenvalue weighted by Gasteiger charge is 2.20. The summed E-state index contributed by atoms with van der Waals surface area (Å²) in [5.41, 5.74) is 1.39. The van der Waals surface area contributed by atoms with E-state index in [4.69, 9.17) is 11.6 Å². The summed E-state index contributed by atoms with van der Waals surface area (Å²) in [5, 5.41) is 0.468. The summed E-state index contributed by atoms with van der Waals surface area (Å²) >= 11 is 5.96. The Hall–Kier alpha value is -2.79. The van der Waals surface area contributed by atoms with Gasteiger partial charge in [0.25, 0.3) is 5.56 Å². The number of aromatic amines is 1. The second kappa shape index (κ2) is 4.61. The summed E-state index contributed by atoms with van der Waals surface area (Å²) in [6, 6.07) is 14.0. The number of nitrogens with one attached hydrogen (secondary N) is 1. The van der Waals surface area contributed by atoms with Gasteiger partial charge in [-0.05, 0) is 30.3 Å². The zero-order valence-corrected chi connectivity index (χ0v) is 12.0. The molecule has 1 N–H and O–H groups in total. The predicted octanol–water partition coefficient (Wildman–Crippen LogP) is 2.56. The topological polar surface area (TPSA) is 59.8 Å². The minimum atomic E-state index is -0.410. The van der Waals surface area contributed by atoms with E-state index in [2.05, 4.69) is 4.98 Å². The van der Waals surface area contributed by atoms with Crippen molar-refractivity contribution < 1.29 is 0 Å². The van der Waals surface area contributed by atoms with Crippen molar-refractivity contribution in [2.45, 2.75) is 0 Å². The second-order valence-corrected chi connectivity index (χ2v) is 5.37. The molecule has 4 rings (SSSR count). The van der Waals surface area contributed by atoms with E-state index in [1.165, 1.54) is 4.57 Å². The Morgan fingerprint density at radius 2 is 1.77 bits per heavy atom. The first-order valence-electron chi connectivity index (χ1n) is 6.66. The number of hydrogen-bond donors (Lipinski definition) is 1. The molecule has 2 heterocycles. The highest BCUT2D eigenvalue weighted by molar-refractivity contribution is 6.30. The van der Waals surface area contributed by atoms with E-state index in [0.717, 1.165) is 10.1 Å². The minimum absolute atomic E-state index is 0.295. The third-order valence-electron chi connectivity index (χ3n) is 3.62. The molecule has 0 unspecified atom stereocenters. The molecule has 0 amide bonds. The predicted molar refractivity (Wildman–Crippen MR) is 85.7 cm³/mol. The molecule has 108 valence electrons. The van der Waals surface area contributed by atoms with Crippen molar-refractivity contribution in [3.8, 4) is 11.4 Å². The number of aromatic nitrogens is 3. The molecule has 5 nitrogen and oxygen atoms in total. The van der Waals surface area contributed by atoms with Gasteiger partial charge in [-0.15, -0.1) is 0 Å². The van der Waals surface area contributed by atoms with E-state index in [0.29, 0.717) is 21.9 Å². The van der Waals surface area contributed by atoms with Gasteiger partial charge in [0, 0.05) is 11.2 Å². The lowest BCUT2D eigenvalue weighted by molar-refractivity contribution is 0.921. The zero-order chi connectivity index (χ0) is 15.3. The van der Waals surface area contributed by atoms with Gasteiger partial charge >= 0.3 is 5.69 Å². The number of fused-ring (bicyclic) bond motifs is 3. The molecule has 6 heteroatoms. The Kier molecular flexibility index (Phi) is 2.71. The molecule has 0 saturated carbocycles. The summed E-state index contributed by atoms with van der Waals surface area (Å²) in [5.74, 6) is 0. The van der Waals surface area contributed by atoms with Crippen molar-refractivity contribution in [3.63, 3.8) is 0 Å². The maximum Gasteiger partial charge on any atom is 0.341 e. The number of H-pyrrole nitrogens is 1. The molecule has 0 aromatic heterocycles. The van der Waals surface area contributed by atoms with Crippen molar-refractivity contribution >= 4 is 22.6 Å². The fourth-order valence-electron chi connectivity index (χ4n) is 2.64. The van der Waals surface area contributed by atoms with Crippen LogP contribution in [0, 0.1) is 0 Å². The van der Waals surface area contributed by atoms with Crippen LogP contribution < -0.4 is 11.2 Å². The molecule has 0 bridgehead atoms. The first kappa shape index (κ1) is 12.9. The van der Waals surface area contributed by atoms with Crippen LogP contribution in [0.25, 0.3) is 22.4 Å². The lowest BCUT2D eigenvalue weighted by Crippen LogP contribution is -2.25. The van der Waals surface area contributed by atoms with E-state index >= 15 is 0 Å². The van der Waals surface area contributed by atoms with Gasteiger partial charge in [-0.2, -0.15) is 0 Å². The Labute approximate surface area is 129 Å². The van der Waals surface area contributed by atoms with Crippen LogP contribution in [0.5, 0.6) is 0 Å². The number of halogens is 1. The zero-order valence-electron chi connectivity index (χ0n) is 11.3. The van der Waals surface area contributed by atoms with Crippen molar-refractivity contribution in [3.05, 3.63) is 80.6 Å². The molecule has 2 aromatic rings. The standard InChI is InChI=1S/C16H10ClN3O2/c17-10-4-3-5-11(8-10)19-15(21)14-9-18-12-6-1-2-7-13(12)20(14)16(19)22/h1-9,18H. The smallest absolute Gasteiger partial charge is 0.341 e. The fourth-order valence-corrected chi connectivity index (χ4v) is 2.82. The number of nitrogens with zero attached hydrogens (tertiary/aromatic N) is 2. The third kappa shape index (κ3) is 1.72. The summed E-state index contributed by atoms with van der Waals surface area (Å²) < 4.78 is 2.54. The SMILES string of the molecule is O=c1c2c[nH]c3ccccc3n-2c(=O)n1-c1cccc(Cl)c1. The van der Waals surface area contributed by atoms with Gasteiger partial charge in [-0.3, -0.25) is 9.36 Å². The lowest BCUT2D eigenvalue weighted by Gasteiger charge is -2.05. The molecule has 0 saturated heterocycles. The monoisotopic (exact) mass is 311 g/mol. The first-order chi connectivity index (χ1) is 10.7. The maximum absolute atomic E-state index is 12.7. The molecule has 2 aliphatic rings. The van der Waals surface area contributed by atoms with Crippen molar-refractivity contribution in [2.75, 3.05) is 0 Å². The summed E-state index contributed by atoms with van der Waals surface area (Å²) in [6.07, 6.45) is 1.55. The molecule has 22 heavy (non-hydrogen) atoms. The van der Waals surface area contributed by atoms with E-state index in [-0.39, 0.29) is 5.56 Å². The van der Waals surface area contributed by atoms with Crippen LogP contribution in [0.3, 0.4) is 0 Å². The van der Waals surface area contributed by atoms with Gasteiger partial charge < -0.3 is 4.98 Å². The Bertz CT molecular complexity index is 1090. The normalized spacial score (nSPS) is 11.3. The largest absolute Gasteiger partial charge is 0.358 e. The maximum atomic E-state index is 12.7. The van der Waals surface area contributed by atoms with E-state index in [1.807, 2.05) is 18.2 Å². The van der Waals surface area contributed by atoms with Gasteiger partial charge in [0.15, 0.2) is 0 Å². The quantitative estimate of drug-likeness (QED) is 0.587. The molecule has 0 atom stereocenters. The molecule has 0 spiro atoms. The number of para-hydroxylation sites is 2. The Morgan fingerprint density at radius 3 is 2.59 bits per heavy atom. The molecule has 0 fully saturated rings. The van der Waals surface area contributed by atoms with Gasteiger partial charge in [0.2, 0.25) is 0 Å². The third-order valence-corrected chi connectivity index (χ3v) is 3.86. The van der Waals surface area contributed by atoms with E-state index < -0.39 is 5.69 Å². The number of hydrogen-bond acceptors (Lipinski definition) is 2. The van der Waals surface area contributed by atoms with Crippen molar-refractivity contribution in [2.24, 2.45) is 0 Å². The fraction of sp³-hybridized carbons (Fsp3) is 0. The average Bonchev–Trinajstić information content (AvgIpc) is 2.79. The van der Waals surface area contributed by atoms with Crippen LogP contribution in [0.2, 0.25) is 5.02 Å². The highest BCUT2D eigenvalue weighted by atomic mass is 35.5. The van der Waals surface area contributed by atoms with Crippen LogP contribution in [0.4, 0.5) is 0 Å². The van der Waals surface area contributed by atoms with Crippen LogP contribution in [-0.4, -0.2) is 14.1 Å². The van der Waals surface area contributed by atoms with Crippen molar-refractivity contribution in [1.29, 1.82) is 0 Å².